The lowest BCUT2D eigenvalue weighted by Gasteiger charge is -2.25. The normalized spacial score (nSPS) is 12.2. The molecule has 40 heavy (non-hydrogen) atoms. The monoisotopic (exact) mass is 545 g/mol. The molecular weight excluding hydrogens is 510 g/mol. The smallest absolute Gasteiger partial charge is 0.408 e. The van der Waals surface area contributed by atoms with Crippen LogP contribution < -0.4 is 16.0 Å². The standard InChI is InChI=1S/C30H35N5O5/c1-19(2)27(35-30(39)40-18-22-11-7-5-8-12-22)21(4)31-17-26(37)33-24(15-20(3)36)28(38)29-32-16-25(34-29)23-13-9-6-10-14-23/h5-14,16,19,24,27,31,36H,3-4,15,17-18H2,1-2H3,(H,32,34)(H,33,37)(H,35,39). The van der Waals surface area contributed by atoms with E-state index in [4.69, 9.17) is 4.74 Å². The van der Waals surface area contributed by atoms with Gasteiger partial charge in [0.05, 0.1) is 30.2 Å². The fourth-order valence-corrected chi connectivity index (χ4v) is 3.92. The van der Waals surface area contributed by atoms with Crippen LogP contribution in [-0.2, 0) is 16.1 Å². The molecule has 2 amide bonds. The van der Waals surface area contributed by atoms with Crippen LogP contribution in [0.4, 0.5) is 4.79 Å². The summed E-state index contributed by atoms with van der Waals surface area (Å²) < 4.78 is 5.30. The fraction of sp³-hybridized carbons (Fsp3) is 0.267. The molecule has 2 aromatic carbocycles. The number of aliphatic hydroxyl groups is 1. The molecule has 1 aromatic heterocycles. The quantitative estimate of drug-likeness (QED) is 0.150. The number of nitrogens with zero attached hydrogens (tertiary/aromatic N) is 1. The van der Waals surface area contributed by atoms with Gasteiger partial charge in [-0.15, -0.1) is 0 Å². The summed E-state index contributed by atoms with van der Waals surface area (Å²) in [6, 6.07) is 17.0. The Morgan fingerprint density at radius 3 is 2.27 bits per heavy atom. The Bertz CT molecular complexity index is 1320. The third-order valence-electron chi connectivity index (χ3n) is 5.99. The van der Waals surface area contributed by atoms with Gasteiger partial charge in [0.15, 0.2) is 5.82 Å². The van der Waals surface area contributed by atoms with Gasteiger partial charge in [0.25, 0.3) is 0 Å². The van der Waals surface area contributed by atoms with Crippen molar-refractivity contribution in [2.24, 2.45) is 5.92 Å². The SMILES string of the molecule is C=C(O)CC(NC(=O)CNC(=C)C(NC(=O)OCc1ccccc1)C(C)C)C(=O)c1ncc(-c2ccccc2)[nH]1. The molecule has 10 heteroatoms. The molecule has 1 heterocycles. The lowest BCUT2D eigenvalue weighted by Crippen LogP contribution is -2.48. The number of Topliss-reactive ketones (excluding diaryl/α,β-unsaturated/α-hetero) is 1. The van der Waals surface area contributed by atoms with Gasteiger partial charge in [0.2, 0.25) is 11.7 Å². The third-order valence-corrected chi connectivity index (χ3v) is 5.99. The Hall–Kier alpha value is -4.86. The minimum absolute atomic E-state index is 0.0425. The summed E-state index contributed by atoms with van der Waals surface area (Å²) in [5.74, 6) is -1.31. The molecule has 3 aromatic rings. The maximum atomic E-state index is 13.1. The van der Waals surface area contributed by atoms with Gasteiger partial charge in [0, 0.05) is 12.1 Å². The molecule has 0 spiro atoms. The molecule has 0 saturated heterocycles. The van der Waals surface area contributed by atoms with Crippen LogP contribution >= 0.6 is 0 Å². The molecule has 0 bridgehead atoms. The summed E-state index contributed by atoms with van der Waals surface area (Å²) in [4.78, 5) is 45.4. The van der Waals surface area contributed by atoms with Crippen molar-refractivity contribution in [1.82, 2.24) is 25.9 Å². The minimum Gasteiger partial charge on any atom is -0.513 e. The van der Waals surface area contributed by atoms with E-state index in [0.29, 0.717) is 11.4 Å². The molecule has 0 aliphatic rings. The van der Waals surface area contributed by atoms with E-state index >= 15 is 0 Å². The number of rotatable bonds is 14. The summed E-state index contributed by atoms with van der Waals surface area (Å²) in [7, 11) is 0. The molecule has 3 rings (SSSR count). The van der Waals surface area contributed by atoms with Crippen molar-refractivity contribution in [3.05, 3.63) is 103 Å². The number of ether oxygens (including phenoxy) is 1. The predicted octanol–water partition coefficient (Wildman–Crippen LogP) is 4.26. The lowest BCUT2D eigenvalue weighted by atomic mass is 10.0. The number of aromatic nitrogens is 2. The van der Waals surface area contributed by atoms with Crippen molar-refractivity contribution < 1.29 is 24.2 Å². The van der Waals surface area contributed by atoms with Crippen LogP contribution in [0.5, 0.6) is 0 Å². The van der Waals surface area contributed by atoms with E-state index in [1.54, 1.807) is 0 Å². The summed E-state index contributed by atoms with van der Waals surface area (Å²) in [6.45, 7) is 11.1. The molecule has 0 saturated carbocycles. The topological polar surface area (TPSA) is 145 Å². The lowest BCUT2D eigenvalue weighted by molar-refractivity contribution is -0.120. The van der Waals surface area contributed by atoms with Gasteiger partial charge < -0.3 is 30.8 Å². The van der Waals surface area contributed by atoms with Gasteiger partial charge in [0.1, 0.15) is 12.6 Å². The van der Waals surface area contributed by atoms with Crippen molar-refractivity contribution in [2.45, 2.75) is 39.0 Å². The van der Waals surface area contributed by atoms with Crippen LogP contribution in [0.2, 0.25) is 0 Å². The summed E-state index contributed by atoms with van der Waals surface area (Å²) >= 11 is 0. The molecule has 0 aliphatic carbocycles. The Kier molecular flexibility index (Phi) is 10.6. The highest BCUT2D eigenvalue weighted by Gasteiger charge is 2.26. The highest BCUT2D eigenvalue weighted by atomic mass is 16.5. The minimum atomic E-state index is -1.10. The molecule has 10 nitrogen and oxygen atoms in total. The number of nitrogens with one attached hydrogen (secondary N) is 4. The summed E-state index contributed by atoms with van der Waals surface area (Å²) in [5, 5.41) is 18.0. The zero-order valence-corrected chi connectivity index (χ0v) is 22.6. The van der Waals surface area contributed by atoms with Crippen LogP contribution in [0.25, 0.3) is 11.3 Å². The van der Waals surface area contributed by atoms with Crippen LogP contribution in [-0.4, -0.2) is 51.5 Å². The van der Waals surface area contributed by atoms with Crippen molar-refractivity contribution in [3.8, 4) is 11.3 Å². The van der Waals surface area contributed by atoms with Crippen molar-refractivity contribution >= 4 is 17.8 Å². The number of imidazole rings is 1. The van der Waals surface area contributed by atoms with E-state index in [1.807, 2.05) is 74.5 Å². The zero-order chi connectivity index (χ0) is 29.1. The number of H-pyrrole nitrogens is 1. The molecule has 2 unspecified atom stereocenters. The molecule has 0 aliphatic heterocycles. The fourth-order valence-electron chi connectivity index (χ4n) is 3.92. The highest BCUT2D eigenvalue weighted by molar-refractivity contribution is 6.00. The van der Waals surface area contributed by atoms with Crippen molar-refractivity contribution in [3.63, 3.8) is 0 Å². The second kappa shape index (κ2) is 14.3. The van der Waals surface area contributed by atoms with Crippen LogP contribution in [0, 0.1) is 5.92 Å². The number of benzene rings is 2. The van der Waals surface area contributed by atoms with Crippen LogP contribution in [0.1, 0.15) is 36.5 Å². The van der Waals surface area contributed by atoms with Gasteiger partial charge in [-0.1, -0.05) is 87.7 Å². The third kappa shape index (κ3) is 8.87. The number of amides is 2. The second-order valence-corrected chi connectivity index (χ2v) is 9.57. The number of carbonyl (C=O) groups excluding carboxylic acids is 3. The number of alkyl carbamates (subject to hydrolysis) is 1. The van der Waals surface area contributed by atoms with Gasteiger partial charge >= 0.3 is 6.09 Å². The number of hydrogen-bond donors (Lipinski definition) is 5. The molecule has 5 N–H and O–H groups in total. The maximum Gasteiger partial charge on any atom is 0.408 e. The van der Waals surface area contributed by atoms with Crippen LogP contribution in [0.15, 0.2) is 91.5 Å². The molecular formula is C30H35N5O5. The van der Waals surface area contributed by atoms with E-state index in [1.165, 1.54) is 6.20 Å². The second-order valence-electron chi connectivity index (χ2n) is 9.57. The predicted molar refractivity (Wildman–Crippen MR) is 152 cm³/mol. The largest absolute Gasteiger partial charge is 0.513 e. The number of aliphatic hydroxyl groups excluding tert-OH is 1. The average molecular weight is 546 g/mol. The van der Waals surface area contributed by atoms with Crippen LogP contribution in [0.3, 0.4) is 0 Å². The van der Waals surface area contributed by atoms with E-state index in [2.05, 4.69) is 39.1 Å². The molecule has 0 fully saturated rings. The Labute approximate surface area is 233 Å². The van der Waals surface area contributed by atoms with E-state index < -0.39 is 29.9 Å². The molecule has 0 radical (unpaired) electrons. The average Bonchev–Trinajstić information content (AvgIpc) is 3.44. The Morgan fingerprint density at radius 2 is 1.65 bits per heavy atom. The number of ketones is 1. The number of hydrogen-bond acceptors (Lipinski definition) is 7. The van der Waals surface area contributed by atoms with Gasteiger partial charge in [-0.05, 0) is 17.0 Å². The molecule has 210 valence electrons. The first kappa shape index (κ1) is 29.7. The summed E-state index contributed by atoms with van der Waals surface area (Å²) in [5.41, 5.74) is 2.74. The first-order chi connectivity index (χ1) is 19.1. The summed E-state index contributed by atoms with van der Waals surface area (Å²) in [6.07, 6.45) is 0.733. The van der Waals surface area contributed by atoms with E-state index in [0.717, 1.165) is 11.1 Å². The first-order valence-corrected chi connectivity index (χ1v) is 12.8. The first-order valence-electron chi connectivity index (χ1n) is 12.8. The van der Waals surface area contributed by atoms with Gasteiger partial charge in [-0.3, -0.25) is 9.59 Å². The highest BCUT2D eigenvalue weighted by Crippen LogP contribution is 2.17. The number of carbonyl (C=O) groups is 3. The van der Waals surface area contributed by atoms with Crippen molar-refractivity contribution in [1.29, 1.82) is 0 Å². The Morgan fingerprint density at radius 1 is 1.00 bits per heavy atom. The van der Waals surface area contributed by atoms with Crippen molar-refractivity contribution in [2.75, 3.05) is 6.54 Å². The molecule has 2 atom stereocenters. The van der Waals surface area contributed by atoms with Gasteiger partial charge in [-0.25, -0.2) is 9.78 Å². The van der Waals surface area contributed by atoms with E-state index in [9.17, 15) is 19.5 Å². The number of aromatic amines is 1. The maximum absolute atomic E-state index is 13.1. The zero-order valence-electron chi connectivity index (χ0n) is 22.6. The van der Waals surface area contributed by atoms with Gasteiger partial charge in [-0.2, -0.15) is 0 Å². The Balaban J connectivity index is 1.56. The van der Waals surface area contributed by atoms with E-state index in [-0.39, 0.29) is 37.1 Å².